The molecule has 0 N–H and O–H groups in total. The lowest BCUT2D eigenvalue weighted by Crippen LogP contribution is -1.96. The van der Waals surface area contributed by atoms with Gasteiger partial charge in [0.2, 0.25) is 0 Å². The maximum atomic E-state index is 5.75. The lowest BCUT2D eigenvalue weighted by Gasteiger charge is -2.05. The van der Waals surface area contributed by atoms with Gasteiger partial charge in [0.05, 0.1) is 6.61 Å². The Morgan fingerprint density at radius 1 is 0.531 bits per heavy atom. The third-order valence-corrected chi connectivity index (χ3v) is 5.23. The minimum absolute atomic E-state index is 0.776. The molecule has 0 aliphatic rings. The summed E-state index contributed by atoms with van der Waals surface area (Å²) >= 11 is 0. The van der Waals surface area contributed by atoms with E-state index < -0.39 is 0 Å². The van der Waals surface area contributed by atoms with Crippen LogP contribution in [0.25, 0.3) is 0 Å². The fourth-order valence-electron chi connectivity index (χ4n) is 3.24. The zero-order valence-electron chi connectivity index (χ0n) is 19.3. The molecule has 0 fully saturated rings. The summed E-state index contributed by atoms with van der Waals surface area (Å²) in [5.74, 6) is 13.8. The second-order valence-electron chi connectivity index (χ2n) is 7.96. The highest BCUT2D eigenvalue weighted by molar-refractivity contribution is 5.48. The van der Waals surface area contributed by atoms with Crippen molar-refractivity contribution >= 4 is 0 Å². The van der Waals surface area contributed by atoms with Gasteiger partial charge in [-0.05, 0) is 85.5 Å². The molecule has 162 valence electrons. The predicted molar refractivity (Wildman–Crippen MR) is 135 cm³/mol. The van der Waals surface area contributed by atoms with Crippen molar-refractivity contribution in [1.82, 2.24) is 0 Å². The van der Waals surface area contributed by atoms with Crippen LogP contribution in [0.15, 0.2) is 72.8 Å². The first-order valence-electron chi connectivity index (χ1n) is 11.7. The second-order valence-corrected chi connectivity index (χ2v) is 7.96. The van der Waals surface area contributed by atoms with Crippen LogP contribution in [0.3, 0.4) is 0 Å². The molecule has 0 atom stereocenters. The van der Waals surface area contributed by atoms with E-state index in [0.717, 1.165) is 47.5 Å². The second kappa shape index (κ2) is 13.1. The summed E-state index contributed by atoms with van der Waals surface area (Å²) in [5.41, 5.74) is 5.39. The summed E-state index contributed by atoms with van der Waals surface area (Å²) in [5, 5.41) is 0. The number of ether oxygens (including phenoxy) is 1. The molecule has 0 saturated heterocycles. The highest BCUT2D eigenvalue weighted by Crippen LogP contribution is 2.13. The van der Waals surface area contributed by atoms with Crippen LogP contribution >= 0.6 is 0 Å². The Morgan fingerprint density at radius 3 is 1.44 bits per heavy atom. The number of hydrogen-bond acceptors (Lipinski definition) is 1. The van der Waals surface area contributed by atoms with Crippen molar-refractivity contribution in [3.8, 4) is 29.4 Å². The van der Waals surface area contributed by atoms with Gasteiger partial charge in [-0.1, -0.05) is 68.9 Å². The molecule has 0 unspecified atom stereocenters. The Morgan fingerprint density at radius 2 is 0.969 bits per heavy atom. The smallest absolute Gasteiger partial charge is 0.119 e. The van der Waals surface area contributed by atoms with Crippen LogP contribution in [0.4, 0.5) is 0 Å². The van der Waals surface area contributed by atoms with Crippen LogP contribution in [-0.4, -0.2) is 6.61 Å². The molecule has 0 bridgehead atoms. The van der Waals surface area contributed by atoms with Gasteiger partial charge in [-0.25, -0.2) is 0 Å². The normalized spacial score (nSPS) is 9.94. The maximum absolute atomic E-state index is 5.75. The van der Waals surface area contributed by atoms with Crippen LogP contribution in [0.5, 0.6) is 5.75 Å². The van der Waals surface area contributed by atoms with Gasteiger partial charge in [-0.15, -0.1) is 0 Å². The van der Waals surface area contributed by atoms with Gasteiger partial charge in [0.1, 0.15) is 5.75 Å². The van der Waals surface area contributed by atoms with Crippen molar-refractivity contribution in [3.05, 3.63) is 101 Å². The first kappa shape index (κ1) is 23.2. The number of unbranched alkanes of at least 4 members (excludes halogenated alkanes) is 3. The molecular weight excluding hydrogens is 388 g/mol. The molecule has 3 rings (SSSR count). The third kappa shape index (κ3) is 8.02. The minimum Gasteiger partial charge on any atom is -0.494 e. The Labute approximate surface area is 193 Å². The number of rotatable bonds is 8. The van der Waals surface area contributed by atoms with Gasteiger partial charge in [0, 0.05) is 22.3 Å². The van der Waals surface area contributed by atoms with E-state index in [1.54, 1.807) is 0 Å². The highest BCUT2D eigenvalue weighted by atomic mass is 16.5. The molecule has 1 nitrogen and oxygen atoms in total. The van der Waals surface area contributed by atoms with Gasteiger partial charge >= 0.3 is 0 Å². The van der Waals surface area contributed by atoms with Crippen LogP contribution in [-0.2, 0) is 6.42 Å². The summed E-state index contributed by atoms with van der Waals surface area (Å²) in [6.45, 7) is 5.19. The van der Waals surface area contributed by atoms with Crippen LogP contribution < -0.4 is 4.74 Å². The molecule has 32 heavy (non-hydrogen) atoms. The average Bonchev–Trinajstić information content (AvgIpc) is 2.85. The largest absolute Gasteiger partial charge is 0.494 e. The number of aryl methyl sites for hydroxylation is 1. The Balaban J connectivity index is 1.54. The van der Waals surface area contributed by atoms with Gasteiger partial charge < -0.3 is 4.74 Å². The molecule has 3 aromatic carbocycles. The van der Waals surface area contributed by atoms with E-state index in [4.69, 9.17) is 4.74 Å². The Bertz CT molecular complexity index is 1070. The molecular formula is C31H32O. The van der Waals surface area contributed by atoms with Crippen molar-refractivity contribution in [3.63, 3.8) is 0 Å². The first-order valence-corrected chi connectivity index (χ1v) is 11.7. The quantitative estimate of drug-likeness (QED) is 0.272. The molecule has 0 aliphatic carbocycles. The fourth-order valence-corrected chi connectivity index (χ4v) is 3.24. The number of hydrogen-bond donors (Lipinski definition) is 0. The van der Waals surface area contributed by atoms with E-state index in [1.807, 2.05) is 48.5 Å². The molecule has 0 aliphatic heterocycles. The predicted octanol–water partition coefficient (Wildman–Crippen LogP) is 7.40. The molecule has 0 spiro atoms. The lowest BCUT2D eigenvalue weighted by atomic mass is 10.1. The molecule has 0 heterocycles. The van der Waals surface area contributed by atoms with Gasteiger partial charge in [0.15, 0.2) is 0 Å². The van der Waals surface area contributed by atoms with E-state index in [9.17, 15) is 0 Å². The lowest BCUT2D eigenvalue weighted by molar-refractivity contribution is 0.306. The Hall–Kier alpha value is -3.42. The van der Waals surface area contributed by atoms with Crippen molar-refractivity contribution in [2.75, 3.05) is 6.61 Å². The summed E-state index contributed by atoms with van der Waals surface area (Å²) in [4.78, 5) is 0. The highest BCUT2D eigenvalue weighted by Gasteiger charge is 1.95. The van der Waals surface area contributed by atoms with E-state index in [1.165, 1.54) is 31.2 Å². The molecule has 1 heteroatoms. The molecule has 3 aromatic rings. The van der Waals surface area contributed by atoms with Crippen LogP contribution in [0, 0.1) is 23.7 Å². The van der Waals surface area contributed by atoms with Crippen molar-refractivity contribution in [2.24, 2.45) is 0 Å². The topological polar surface area (TPSA) is 9.23 Å². The van der Waals surface area contributed by atoms with E-state index in [-0.39, 0.29) is 0 Å². The zero-order chi connectivity index (χ0) is 22.4. The van der Waals surface area contributed by atoms with Gasteiger partial charge in [0.25, 0.3) is 0 Å². The van der Waals surface area contributed by atoms with E-state index in [0.29, 0.717) is 0 Å². The van der Waals surface area contributed by atoms with Crippen LogP contribution in [0.2, 0.25) is 0 Å². The van der Waals surface area contributed by atoms with Gasteiger partial charge in [-0.3, -0.25) is 0 Å². The fraction of sp³-hybridized carbons (Fsp3) is 0.290. The summed E-state index contributed by atoms with van der Waals surface area (Å²) in [7, 11) is 0. The molecule has 0 amide bonds. The van der Waals surface area contributed by atoms with Crippen molar-refractivity contribution < 1.29 is 4.74 Å². The van der Waals surface area contributed by atoms with Crippen molar-refractivity contribution in [1.29, 1.82) is 0 Å². The maximum Gasteiger partial charge on any atom is 0.119 e. The molecule has 0 aromatic heterocycles. The summed E-state index contributed by atoms with van der Waals surface area (Å²) in [6, 6.07) is 24.7. The SMILES string of the molecule is CCCCCOc1ccc(C#Cc2ccc(C#Cc3ccc(CCCC)cc3)cc2)cc1. The van der Waals surface area contributed by atoms with E-state index >= 15 is 0 Å². The average molecular weight is 421 g/mol. The summed E-state index contributed by atoms with van der Waals surface area (Å²) in [6.07, 6.45) is 7.12. The standard InChI is InChI=1S/C31H32O/c1-3-5-7-25-32-31-23-21-30(22-24-31)20-19-29-17-15-28(16-18-29)14-13-27-11-9-26(10-12-27)8-6-4-2/h9-12,15-18,21-24H,3-8,25H2,1-2H3. The molecule has 0 saturated carbocycles. The zero-order valence-corrected chi connectivity index (χ0v) is 19.3. The first-order chi connectivity index (χ1) is 15.8. The summed E-state index contributed by atoms with van der Waals surface area (Å²) < 4.78 is 5.75. The monoisotopic (exact) mass is 420 g/mol. The molecule has 0 radical (unpaired) electrons. The van der Waals surface area contributed by atoms with Gasteiger partial charge in [-0.2, -0.15) is 0 Å². The van der Waals surface area contributed by atoms with Crippen molar-refractivity contribution in [2.45, 2.75) is 52.4 Å². The minimum atomic E-state index is 0.776. The van der Waals surface area contributed by atoms with E-state index in [2.05, 4.69) is 61.8 Å². The van der Waals surface area contributed by atoms with Crippen LogP contribution in [0.1, 0.15) is 73.8 Å². The third-order valence-electron chi connectivity index (χ3n) is 5.23. The number of benzene rings is 3. The Kier molecular flexibility index (Phi) is 9.51.